The molecule has 0 aromatic heterocycles. The molecule has 3 heteroatoms. The number of para-hydroxylation sites is 2. The van der Waals surface area contributed by atoms with Gasteiger partial charge in [-0.15, -0.1) is 0 Å². The van der Waals surface area contributed by atoms with Crippen LogP contribution in [0.25, 0.3) is 0 Å². The SMILES string of the molecule is COc1ccccc1NCCC(=O)c1ccccc1. The molecular formula is C16H17NO2. The highest BCUT2D eigenvalue weighted by atomic mass is 16.5. The van der Waals surface area contributed by atoms with Gasteiger partial charge in [-0.05, 0) is 12.1 Å². The summed E-state index contributed by atoms with van der Waals surface area (Å²) in [6, 6.07) is 17.0. The van der Waals surface area contributed by atoms with Gasteiger partial charge in [-0.2, -0.15) is 0 Å². The normalized spacial score (nSPS) is 9.95. The van der Waals surface area contributed by atoms with Crippen LogP contribution in [0.4, 0.5) is 5.69 Å². The molecule has 0 bridgehead atoms. The van der Waals surface area contributed by atoms with Crippen LogP contribution in [-0.2, 0) is 0 Å². The minimum absolute atomic E-state index is 0.142. The molecule has 0 atom stereocenters. The predicted octanol–water partition coefficient (Wildman–Crippen LogP) is 3.38. The van der Waals surface area contributed by atoms with Gasteiger partial charge in [0.2, 0.25) is 0 Å². The van der Waals surface area contributed by atoms with Crippen LogP contribution >= 0.6 is 0 Å². The third-order valence-electron chi connectivity index (χ3n) is 2.87. The van der Waals surface area contributed by atoms with Crippen molar-refractivity contribution in [2.75, 3.05) is 19.0 Å². The molecule has 0 aliphatic heterocycles. The van der Waals surface area contributed by atoms with Gasteiger partial charge in [-0.3, -0.25) is 4.79 Å². The van der Waals surface area contributed by atoms with Gasteiger partial charge < -0.3 is 10.1 Å². The summed E-state index contributed by atoms with van der Waals surface area (Å²) in [5.41, 5.74) is 1.66. The van der Waals surface area contributed by atoms with Crippen LogP contribution in [0, 0.1) is 0 Å². The van der Waals surface area contributed by atoms with Crippen molar-refractivity contribution in [1.82, 2.24) is 0 Å². The molecule has 2 aromatic rings. The molecule has 0 fully saturated rings. The number of anilines is 1. The van der Waals surface area contributed by atoms with Crippen molar-refractivity contribution in [3.63, 3.8) is 0 Å². The molecule has 3 nitrogen and oxygen atoms in total. The molecule has 98 valence electrons. The largest absolute Gasteiger partial charge is 0.495 e. The second-order valence-electron chi connectivity index (χ2n) is 4.17. The number of hydrogen-bond donors (Lipinski definition) is 1. The molecule has 0 amide bonds. The van der Waals surface area contributed by atoms with E-state index in [2.05, 4.69) is 5.32 Å². The van der Waals surface area contributed by atoms with Crippen LogP contribution in [0.1, 0.15) is 16.8 Å². The molecule has 0 spiro atoms. The Hall–Kier alpha value is -2.29. The number of hydrogen-bond acceptors (Lipinski definition) is 3. The van der Waals surface area contributed by atoms with Crippen molar-refractivity contribution in [3.05, 3.63) is 60.2 Å². The Morgan fingerprint density at radius 2 is 1.74 bits per heavy atom. The monoisotopic (exact) mass is 255 g/mol. The smallest absolute Gasteiger partial charge is 0.164 e. The van der Waals surface area contributed by atoms with E-state index in [-0.39, 0.29) is 5.78 Å². The van der Waals surface area contributed by atoms with E-state index < -0.39 is 0 Å². The summed E-state index contributed by atoms with van der Waals surface area (Å²) in [5, 5.41) is 3.22. The number of carbonyl (C=O) groups is 1. The lowest BCUT2D eigenvalue weighted by atomic mass is 10.1. The first-order valence-corrected chi connectivity index (χ1v) is 6.26. The van der Waals surface area contributed by atoms with E-state index >= 15 is 0 Å². The van der Waals surface area contributed by atoms with Crippen LogP contribution in [0.3, 0.4) is 0 Å². The first-order valence-electron chi connectivity index (χ1n) is 6.26. The summed E-state index contributed by atoms with van der Waals surface area (Å²) >= 11 is 0. The summed E-state index contributed by atoms with van der Waals surface area (Å²) in [7, 11) is 1.63. The average molecular weight is 255 g/mol. The van der Waals surface area contributed by atoms with Gasteiger partial charge >= 0.3 is 0 Å². The standard InChI is InChI=1S/C16H17NO2/c1-19-16-10-6-5-9-14(16)17-12-11-15(18)13-7-3-2-4-8-13/h2-10,17H,11-12H2,1H3. The van der Waals surface area contributed by atoms with E-state index in [1.165, 1.54) is 0 Å². The molecule has 1 N–H and O–H groups in total. The molecule has 2 aromatic carbocycles. The zero-order chi connectivity index (χ0) is 13.5. The third-order valence-corrected chi connectivity index (χ3v) is 2.87. The summed E-state index contributed by atoms with van der Waals surface area (Å²) < 4.78 is 5.24. The van der Waals surface area contributed by atoms with E-state index in [9.17, 15) is 4.79 Å². The van der Waals surface area contributed by atoms with Crippen molar-refractivity contribution in [3.8, 4) is 5.75 Å². The first kappa shape index (κ1) is 13.1. The minimum atomic E-state index is 0.142. The molecule has 2 rings (SSSR count). The highest BCUT2D eigenvalue weighted by molar-refractivity contribution is 5.96. The summed E-state index contributed by atoms with van der Waals surface area (Å²) in [6.45, 7) is 0.591. The fourth-order valence-electron chi connectivity index (χ4n) is 1.87. The van der Waals surface area contributed by atoms with Gasteiger partial charge in [0.25, 0.3) is 0 Å². The Kier molecular flexibility index (Phi) is 4.56. The van der Waals surface area contributed by atoms with E-state index in [4.69, 9.17) is 4.74 Å². The Labute approximate surface area is 113 Å². The van der Waals surface area contributed by atoms with Crippen LogP contribution in [0.5, 0.6) is 5.75 Å². The zero-order valence-electron chi connectivity index (χ0n) is 10.9. The lowest BCUT2D eigenvalue weighted by molar-refractivity contribution is 0.0986. The van der Waals surface area contributed by atoms with Crippen molar-refractivity contribution in [1.29, 1.82) is 0 Å². The summed E-state index contributed by atoms with van der Waals surface area (Å²) in [4.78, 5) is 11.9. The van der Waals surface area contributed by atoms with E-state index in [0.29, 0.717) is 13.0 Å². The molecular weight excluding hydrogens is 238 g/mol. The average Bonchev–Trinajstić information content (AvgIpc) is 2.48. The molecule has 0 saturated carbocycles. The van der Waals surface area contributed by atoms with Gasteiger partial charge in [-0.1, -0.05) is 42.5 Å². The number of ether oxygens (including phenoxy) is 1. The fourth-order valence-corrected chi connectivity index (χ4v) is 1.87. The predicted molar refractivity (Wildman–Crippen MR) is 76.9 cm³/mol. The van der Waals surface area contributed by atoms with Gasteiger partial charge in [0.05, 0.1) is 12.8 Å². The molecule has 0 radical (unpaired) electrons. The van der Waals surface area contributed by atoms with Crippen molar-refractivity contribution < 1.29 is 9.53 Å². The number of nitrogens with one attached hydrogen (secondary N) is 1. The van der Waals surface area contributed by atoms with Crippen LogP contribution in [0.15, 0.2) is 54.6 Å². The molecule has 0 unspecified atom stereocenters. The van der Waals surface area contributed by atoms with Crippen molar-refractivity contribution in [2.45, 2.75) is 6.42 Å². The third kappa shape index (κ3) is 3.58. The highest BCUT2D eigenvalue weighted by Gasteiger charge is 2.05. The van der Waals surface area contributed by atoms with E-state index in [0.717, 1.165) is 17.0 Å². The number of carbonyl (C=O) groups excluding carboxylic acids is 1. The van der Waals surface area contributed by atoms with Gasteiger partial charge in [-0.25, -0.2) is 0 Å². The van der Waals surface area contributed by atoms with Gasteiger partial charge in [0, 0.05) is 18.5 Å². The lowest BCUT2D eigenvalue weighted by Gasteiger charge is -2.10. The van der Waals surface area contributed by atoms with E-state index in [1.807, 2.05) is 54.6 Å². The molecule has 0 aliphatic carbocycles. The quantitative estimate of drug-likeness (QED) is 0.804. The van der Waals surface area contributed by atoms with E-state index in [1.54, 1.807) is 7.11 Å². The second kappa shape index (κ2) is 6.59. The van der Waals surface area contributed by atoms with Gasteiger partial charge in [0.15, 0.2) is 5.78 Å². The Balaban J connectivity index is 1.88. The Morgan fingerprint density at radius 1 is 1.05 bits per heavy atom. The zero-order valence-corrected chi connectivity index (χ0v) is 10.9. The molecule has 0 aliphatic rings. The molecule has 0 saturated heterocycles. The van der Waals surface area contributed by atoms with Crippen molar-refractivity contribution >= 4 is 11.5 Å². The lowest BCUT2D eigenvalue weighted by Crippen LogP contribution is -2.09. The maximum atomic E-state index is 11.9. The van der Waals surface area contributed by atoms with Gasteiger partial charge in [0.1, 0.15) is 5.75 Å². The molecule has 0 heterocycles. The Bertz CT molecular complexity index is 537. The van der Waals surface area contributed by atoms with Crippen LogP contribution < -0.4 is 10.1 Å². The summed E-state index contributed by atoms with van der Waals surface area (Å²) in [5.74, 6) is 0.928. The second-order valence-corrected chi connectivity index (χ2v) is 4.17. The molecule has 19 heavy (non-hydrogen) atoms. The number of Topliss-reactive ketones (excluding diaryl/α,β-unsaturated/α-hetero) is 1. The fraction of sp³-hybridized carbons (Fsp3) is 0.188. The first-order chi connectivity index (χ1) is 9.31. The number of methoxy groups -OCH3 is 1. The minimum Gasteiger partial charge on any atom is -0.495 e. The maximum absolute atomic E-state index is 11.9. The summed E-state index contributed by atoms with van der Waals surface area (Å²) in [6.07, 6.45) is 0.460. The number of benzene rings is 2. The maximum Gasteiger partial charge on any atom is 0.164 e. The van der Waals surface area contributed by atoms with Crippen LogP contribution in [-0.4, -0.2) is 19.4 Å². The topological polar surface area (TPSA) is 38.3 Å². The Morgan fingerprint density at radius 3 is 2.47 bits per heavy atom. The highest BCUT2D eigenvalue weighted by Crippen LogP contribution is 2.22. The van der Waals surface area contributed by atoms with Crippen LogP contribution in [0.2, 0.25) is 0 Å². The van der Waals surface area contributed by atoms with Crippen molar-refractivity contribution in [2.24, 2.45) is 0 Å². The number of rotatable bonds is 6. The number of ketones is 1.